The van der Waals surface area contributed by atoms with Crippen LogP contribution in [0.5, 0.6) is 0 Å². The predicted octanol–water partition coefficient (Wildman–Crippen LogP) is 1.23. The molecule has 1 atom stereocenters. The third kappa shape index (κ3) is 3.02. The molecule has 44 valence electrons. The van der Waals surface area contributed by atoms with Crippen molar-refractivity contribution in [3.63, 3.8) is 0 Å². The molecule has 1 nitrogen and oxygen atoms in total. The van der Waals surface area contributed by atoms with E-state index in [0.717, 1.165) is 0 Å². The lowest BCUT2D eigenvalue weighted by molar-refractivity contribution is 0.276. The van der Waals surface area contributed by atoms with Gasteiger partial charge in [-0.2, -0.15) is 0 Å². The second-order valence-electron chi connectivity index (χ2n) is 2.75. The second-order valence-corrected chi connectivity index (χ2v) is 7.73. The maximum absolute atomic E-state index is 8.94. The van der Waals surface area contributed by atoms with Crippen molar-refractivity contribution in [2.24, 2.45) is 0 Å². The van der Waals surface area contributed by atoms with Gasteiger partial charge in [-0.3, -0.25) is 0 Å². The van der Waals surface area contributed by atoms with Gasteiger partial charge in [-0.1, -0.05) is 0 Å². The Morgan fingerprint density at radius 3 is 1.43 bits per heavy atom. The van der Waals surface area contributed by atoms with E-state index >= 15 is 0 Å². The first kappa shape index (κ1) is 7.39. The van der Waals surface area contributed by atoms with Gasteiger partial charge >= 0.3 is 0 Å². The standard InChI is InChI=1S/C5H14OP/c1-5(6)7(2,3)4/h5-6H,1-4H3/q+1. The van der Waals surface area contributed by atoms with Gasteiger partial charge in [0.1, 0.15) is 0 Å². The van der Waals surface area contributed by atoms with Crippen molar-refractivity contribution in [2.45, 2.75) is 12.8 Å². The molecule has 0 heterocycles. The summed E-state index contributed by atoms with van der Waals surface area (Å²) in [6.45, 7) is 8.22. The van der Waals surface area contributed by atoms with Gasteiger partial charge in [0.05, 0.1) is 20.0 Å². The van der Waals surface area contributed by atoms with Crippen LogP contribution in [0.3, 0.4) is 0 Å². The molecule has 2 heteroatoms. The van der Waals surface area contributed by atoms with E-state index in [1.54, 1.807) is 0 Å². The summed E-state index contributed by atoms with van der Waals surface area (Å²) in [7, 11) is -0.932. The van der Waals surface area contributed by atoms with E-state index < -0.39 is 7.26 Å². The van der Waals surface area contributed by atoms with Gasteiger partial charge in [0, 0.05) is 7.26 Å². The van der Waals surface area contributed by atoms with Crippen molar-refractivity contribution in [2.75, 3.05) is 20.0 Å². The molecule has 0 aliphatic rings. The lowest BCUT2D eigenvalue weighted by atomic mass is 10.9. The van der Waals surface area contributed by atoms with Gasteiger partial charge in [-0.15, -0.1) is 0 Å². The minimum Gasteiger partial charge on any atom is -0.360 e. The Kier molecular flexibility index (Phi) is 2.22. The second kappa shape index (κ2) is 2.11. The van der Waals surface area contributed by atoms with Crippen LogP contribution in [0, 0.1) is 0 Å². The van der Waals surface area contributed by atoms with Gasteiger partial charge < -0.3 is 5.11 Å². The molecular formula is C5H14OP+. The van der Waals surface area contributed by atoms with Crippen LogP contribution in [0.4, 0.5) is 0 Å². The van der Waals surface area contributed by atoms with E-state index in [0.29, 0.717) is 0 Å². The number of aliphatic hydroxyl groups is 1. The fourth-order valence-electron chi connectivity index (χ4n) is 0. The molecule has 0 fully saturated rings. The summed E-state index contributed by atoms with van der Waals surface area (Å²) in [5.41, 5.74) is 0. The zero-order valence-electron chi connectivity index (χ0n) is 5.47. The molecule has 0 aliphatic carbocycles. The summed E-state index contributed by atoms with van der Waals surface area (Å²) >= 11 is 0. The molecule has 0 aromatic rings. The third-order valence-corrected chi connectivity index (χ3v) is 3.36. The first-order valence-corrected chi connectivity index (χ1v) is 5.64. The van der Waals surface area contributed by atoms with E-state index in [1.807, 2.05) is 6.92 Å². The first-order valence-electron chi connectivity index (χ1n) is 2.44. The van der Waals surface area contributed by atoms with Crippen molar-refractivity contribution < 1.29 is 5.11 Å². The molecule has 0 aromatic heterocycles. The van der Waals surface area contributed by atoms with Crippen LogP contribution in [-0.2, 0) is 0 Å². The highest BCUT2D eigenvalue weighted by atomic mass is 31.2. The van der Waals surface area contributed by atoms with E-state index in [1.165, 1.54) is 0 Å². The Labute approximate surface area is 46.1 Å². The highest BCUT2D eigenvalue weighted by molar-refractivity contribution is 7.74. The van der Waals surface area contributed by atoms with Crippen molar-refractivity contribution >= 4 is 7.26 Å². The van der Waals surface area contributed by atoms with Gasteiger partial charge in [0.15, 0.2) is 5.85 Å². The minimum atomic E-state index is -0.932. The molecule has 1 unspecified atom stereocenters. The normalized spacial score (nSPS) is 16.7. The summed E-state index contributed by atoms with van der Waals surface area (Å²) in [5.74, 6) is -0.0903. The molecule has 7 heavy (non-hydrogen) atoms. The third-order valence-electron chi connectivity index (χ3n) is 1.12. The molecule has 0 rings (SSSR count). The van der Waals surface area contributed by atoms with Crippen LogP contribution in [0.2, 0.25) is 0 Å². The zero-order chi connectivity index (χ0) is 6.08. The van der Waals surface area contributed by atoms with Crippen LogP contribution < -0.4 is 0 Å². The summed E-state index contributed by atoms with van der Waals surface area (Å²) in [5, 5.41) is 8.94. The summed E-state index contributed by atoms with van der Waals surface area (Å²) in [6, 6.07) is 0. The van der Waals surface area contributed by atoms with Crippen LogP contribution in [0.15, 0.2) is 0 Å². The van der Waals surface area contributed by atoms with Gasteiger partial charge in [0.2, 0.25) is 0 Å². The molecule has 0 saturated carbocycles. The van der Waals surface area contributed by atoms with E-state index in [-0.39, 0.29) is 5.85 Å². The maximum Gasteiger partial charge on any atom is 0.160 e. The quantitative estimate of drug-likeness (QED) is 0.517. The molecule has 0 spiro atoms. The number of hydrogen-bond acceptors (Lipinski definition) is 1. The Morgan fingerprint density at radius 2 is 1.43 bits per heavy atom. The molecular weight excluding hydrogens is 107 g/mol. The Morgan fingerprint density at radius 1 is 1.29 bits per heavy atom. The highest BCUT2D eigenvalue weighted by Gasteiger charge is 2.23. The summed E-state index contributed by atoms with van der Waals surface area (Å²) < 4.78 is 0. The topological polar surface area (TPSA) is 20.2 Å². The van der Waals surface area contributed by atoms with E-state index in [4.69, 9.17) is 5.11 Å². The molecule has 0 saturated heterocycles. The van der Waals surface area contributed by atoms with Gasteiger partial charge in [0.25, 0.3) is 0 Å². The van der Waals surface area contributed by atoms with E-state index in [2.05, 4.69) is 20.0 Å². The molecule has 0 aliphatic heterocycles. The van der Waals surface area contributed by atoms with Gasteiger partial charge in [-0.25, -0.2) is 0 Å². The van der Waals surface area contributed by atoms with Crippen molar-refractivity contribution in [1.29, 1.82) is 0 Å². The first-order chi connectivity index (χ1) is 2.94. The average molecular weight is 121 g/mol. The fraction of sp³-hybridized carbons (Fsp3) is 1.00. The average Bonchev–Trinajstić information content (AvgIpc) is 1.31. The number of rotatable bonds is 1. The van der Waals surface area contributed by atoms with Crippen LogP contribution in [0.1, 0.15) is 6.92 Å². The molecule has 1 N–H and O–H groups in total. The highest BCUT2D eigenvalue weighted by Crippen LogP contribution is 2.50. The lowest BCUT2D eigenvalue weighted by Gasteiger charge is -2.13. The predicted molar refractivity (Wildman–Crippen MR) is 36.4 cm³/mol. The lowest BCUT2D eigenvalue weighted by Crippen LogP contribution is -2.03. The Bertz CT molecular complexity index is 53.6. The summed E-state index contributed by atoms with van der Waals surface area (Å²) in [4.78, 5) is 0. The zero-order valence-corrected chi connectivity index (χ0v) is 6.37. The van der Waals surface area contributed by atoms with Crippen LogP contribution in [-0.4, -0.2) is 30.9 Å². The van der Waals surface area contributed by atoms with Gasteiger partial charge in [-0.05, 0) is 6.92 Å². The molecule has 0 amide bonds. The Balaban J connectivity index is 3.54. The SMILES string of the molecule is CC(O)[P+](C)(C)C. The largest absolute Gasteiger partial charge is 0.360 e. The monoisotopic (exact) mass is 121 g/mol. The smallest absolute Gasteiger partial charge is 0.160 e. The summed E-state index contributed by atoms with van der Waals surface area (Å²) in [6.07, 6.45) is 0. The Hall–Kier alpha value is 0.390. The van der Waals surface area contributed by atoms with E-state index in [9.17, 15) is 0 Å². The molecule has 0 bridgehead atoms. The molecule has 0 radical (unpaired) electrons. The van der Waals surface area contributed by atoms with Crippen LogP contribution >= 0.6 is 7.26 Å². The number of hydrogen-bond donors (Lipinski definition) is 1. The molecule has 0 aromatic carbocycles. The number of aliphatic hydroxyl groups excluding tert-OH is 1. The maximum atomic E-state index is 8.94. The van der Waals surface area contributed by atoms with Crippen LogP contribution in [0.25, 0.3) is 0 Å². The van der Waals surface area contributed by atoms with Crippen molar-refractivity contribution in [1.82, 2.24) is 0 Å². The van der Waals surface area contributed by atoms with Crippen molar-refractivity contribution in [3.8, 4) is 0 Å². The minimum absolute atomic E-state index is 0.0903. The fourth-order valence-corrected chi connectivity index (χ4v) is 0. The van der Waals surface area contributed by atoms with Crippen molar-refractivity contribution in [3.05, 3.63) is 0 Å².